The summed E-state index contributed by atoms with van der Waals surface area (Å²) in [5.41, 5.74) is 4.70. The Morgan fingerprint density at radius 2 is 2.18 bits per heavy atom. The van der Waals surface area contributed by atoms with Gasteiger partial charge in [0.1, 0.15) is 0 Å². The quantitative estimate of drug-likeness (QED) is 0.845. The van der Waals surface area contributed by atoms with Crippen LogP contribution in [0.4, 0.5) is 0 Å². The molecule has 0 radical (unpaired) electrons. The van der Waals surface area contributed by atoms with Gasteiger partial charge < -0.3 is 11.1 Å². The molecule has 0 aliphatic carbocycles. The fourth-order valence-corrected chi connectivity index (χ4v) is 1.62. The van der Waals surface area contributed by atoms with E-state index in [-0.39, 0.29) is 17.4 Å². The fraction of sp³-hybridized carbons (Fsp3) is 0.364. The van der Waals surface area contributed by atoms with Crippen molar-refractivity contribution in [3.8, 4) is 0 Å². The van der Waals surface area contributed by atoms with E-state index in [4.69, 9.17) is 17.3 Å². The van der Waals surface area contributed by atoms with Crippen molar-refractivity contribution in [1.82, 2.24) is 10.3 Å². The van der Waals surface area contributed by atoms with Crippen molar-refractivity contribution < 1.29 is 9.59 Å². The number of halogens is 1. The van der Waals surface area contributed by atoms with Crippen LogP contribution in [0.1, 0.15) is 30.6 Å². The Morgan fingerprint density at radius 1 is 1.53 bits per heavy atom. The van der Waals surface area contributed by atoms with Gasteiger partial charge in [0.25, 0.3) is 5.91 Å². The molecule has 1 aromatic heterocycles. The number of aromatic nitrogens is 1. The Morgan fingerprint density at radius 3 is 2.71 bits per heavy atom. The summed E-state index contributed by atoms with van der Waals surface area (Å²) in [5.74, 6) is -0.834. The Bertz CT molecular complexity index is 446. The van der Waals surface area contributed by atoms with Crippen molar-refractivity contribution in [3.63, 3.8) is 0 Å². The molecule has 1 aromatic rings. The van der Waals surface area contributed by atoms with Crippen molar-refractivity contribution in [3.05, 3.63) is 29.0 Å². The number of carbonyl (C=O) groups is 2. The lowest BCUT2D eigenvalue weighted by Gasteiger charge is -2.24. The van der Waals surface area contributed by atoms with Crippen LogP contribution in [-0.4, -0.2) is 22.3 Å². The summed E-state index contributed by atoms with van der Waals surface area (Å²) in [6.07, 6.45) is 2.92. The normalized spacial score (nSPS) is 11.0. The van der Waals surface area contributed by atoms with Gasteiger partial charge in [0.15, 0.2) is 0 Å². The summed E-state index contributed by atoms with van der Waals surface area (Å²) in [5, 5.41) is 2.96. The highest BCUT2D eigenvalue weighted by atomic mass is 35.5. The number of primary amides is 1. The maximum atomic E-state index is 11.9. The number of nitrogens with zero attached hydrogens (tertiary/aromatic N) is 1. The molecule has 6 heteroatoms. The number of carbonyl (C=O) groups excluding carboxylic acids is 2. The molecule has 92 valence electrons. The third-order valence-electron chi connectivity index (χ3n) is 2.09. The van der Waals surface area contributed by atoms with E-state index in [2.05, 4.69) is 10.3 Å². The molecule has 0 aromatic carbocycles. The lowest BCUT2D eigenvalue weighted by molar-refractivity contribution is -0.119. The van der Waals surface area contributed by atoms with Crippen molar-refractivity contribution in [2.24, 2.45) is 5.73 Å². The highest BCUT2D eigenvalue weighted by Gasteiger charge is 2.24. The summed E-state index contributed by atoms with van der Waals surface area (Å²) < 4.78 is 0. The summed E-state index contributed by atoms with van der Waals surface area (Å²) in [6.45, 7) is 3.43. The van der Waals surface area contributed by atoms with Crippen LogP contribution in [0.15, 0.2) is 18.5 Å². The second-order valence-electron chi connectivity index (χ2n) is 4.34. The Balaban J connectivity index is 2.79. The lowest BCUT2D eigenvalue weighted by Crippen LogP contribution is -2.46. The van der Waals surface area contributed by atoms with E-state index in [1.165, 1.54) is 18.5 Å². The summed E-state index contributed by atoms with van der Waals surface area (Å²) in [4.78, 5) is 26.5. The average Bonchev–Trinajstić information content (AvgIpc) is 2.14. The second-order valence-corrected chi connectivity index (χ2v) is 4.74. The van der Waals surface area contributed by atoms with Crippen LogP contribution in [-0.2, 0) is 4.79 Å². The van der Waals surface area contributed by atoms with Gasteiger partial charge in [-0.25, -0.2) is 0 Å². The number of amides is 2. The van der Waals surface area contributed by atoms with Gasteiger partial charge >= 0.3 is 0 Å². The van der Waals surface area contributed by atoms with E-state index in [1.807, 2.05) is 0 Å². The molecule has 3 N–H and O–H groups in total. The third-order valence-corrected chi connectivity index (χ3v) is 2.39. The minimum absolute atomic E-state index is 0.0570. The third kappa shape index (κ3) is 4.03. The molecule has 0 saturated heterocycles. The van der Waals surface area contributed by atoms with Crippen LogP contribution < -0.4 is 11.1 Å². The zero-order valence-corrected chi connectivity index (χ0v) is 10.4. The van der Waals surface area contributed by atoms with Crippen LogP contribution in [0.25, 0.3) is 0 Å². The monoisotopic (exact) mass is 255 g/mol. The number of rotatable bonds is 4. The standard InChI is InChI=1S/C11H14ClN3O2/c1-11(2,5-9(13)16)15-10(17)7-3-4-14-6-8(7)12/h3-4,6H,5H2,1-2H3,(H2,13,16)(H,15,17). The molecule has 0 bridgehead atoms. The number of hydrogen-bond donors (Lipinski definition) is 2. The lowest BCUT2D eigenvalue weighted by atomic mass is 10.00. The molecular formula is C11H14ClN3O2. The summed E-state index contributed by atoms with van der Waals surface area (Å²) in [6, 6.07) is 1.51. The van der Waals surface area contributed by atoms with E-state index < -0.39 is 11.4 Å². The van der Waals surface area contributed by atoms with Gasteiger partial charge in [-0.1, -0.05) is 11.6 Å². The molecular weight excluding hydrogens is 242 g/mol. The van der Waals surface area contributed by atoms with Crippen LogP contribution in [0.2, 0.25) is 5.02 Å². The number of nitrogens with two attached hydrogens (primary N) is 1. The molecule has 0 atom stereocenters. The highest BCUT2D eigenvalue weighted by molar-refractivity contribution is 6.33. The highest BCUT2D eigenvalue weighted by Crippen LogP contribution is 2.15. The first kappa shape index (κ1) is 13.4. The van der Waals surface area contributed by atoms with Crippen LogP contribution in [0.3, 0.4) is 0 Å². The predicted octanol–water partition coefficient (Wildman–Crippen LogP) is 1.12. The van der Waals surface area contributed by atoms with E-state index in [0.29, 0.717) is 5.56 Å². The molecule has 1 rings (SSSR count). The number of hydrogen-bond acceptors (Lipinski definition) is 3. The van der Waals surface area contributed by atoms with Gasteiger partial charge in [0.2, 0.25) is 5.91 Å². The first-order valence-electron chi connectivity index (χ1n) is 5.02. The first-order chi connectivity index (χ1) is 7.82. The van der Waals surface area contributed by atoms with Crippen LogP contribution in [0.5, 0.6) is 0 Å². The van der Waals surface area contributed by atoms with Crippen molar-refractivity contribution in [2.45, 2.75) is 25.8 Å². The zero-order valence-electron chi connectivity index (χ0n) is 9.66. The molecule has 0 fully saturated rings. The number of nitrogens with one attached hydrogen (secondary N) is 1. The van der Waals surface area contributed by atoms with E-state index in [1.54, 1.807) is 13.8 Å². The van der Waals surface area contributed by atoms with Gasteiger partial charge in [-0.15, -0.1) is 0 Å². The van der Waals surface area contributed by atoms with Gasteiger partial charge in [-0.05, 0) is 19.9 Å². The van der Waals surface area contributed by atoms with E-state index >= 15 is 0 Å². The maximum absolute atomic E-state index is 11.9. The second kappa shape index (κ2) is 5.14. The molecule has 2 amide bonds. The average molecular weight is 256 g/mol. The SMILES string of the molecule is CC(C)(CC(N)=O)NC(=O)c1ccncc1Cl. The Hall–Kier alpha value is -1.62. The van der Waals surface area contributed by atoms with Crippen molar-refractivity contribution in [1.29, 1.82) is 0 Å². The Kier molecular flexibility index (Phi) is 4.07. The molecule has 0 unspecified atom stereocenters. The molecule has 0 aliphatic rings. The molecule has 17 heavy (non-hydrogen) atoms. The zero-order chi connectivity index (χ0) is 13.1. The van der Waals surface area contributed by atoms with Crippen LogP contribution in [0, 0.1) is 0 Å². The molecule has 5 nitrogen and oxygen atoms in total. The van der Waals surface area contributed by atoms with Gasteiger partial charge in [0.05, 0.1) is 10.6 Å². The molecule has 0 spiro atoms. The minimum Gasteiger partial charge on any atom is -0.370 e. The van der Waals surface area contributed by atoms with E-state index in [9.17, 15) is 9.59 Å². The molecule has 0 aliphatic heterocycles. The predicted molar refractivity (Wildman–Crippen MR) is 64.6 cm³/mol. The molecule has 0 saturated carbocycles. The topological polar surface area (TPSA) is 85.1 Å². The fourth-order valence-electron chi connectivity index (χ4n) is 1.41. The maximum Gasteiger partial charge on any atom is 0.253 e. The van der Waals surface area contributed by atoms with E-state index in [0.717, 1.165) is 0 Å². The summed E-state index contributed by atoms with van der Waals surface area (Å²) >= 11 is 5.84. The van der Waals surface area contributed by atoms with Gasteiger partial charge in [0, 0.05) is 24.4 Å². The largest absolute Gasteiger partial charge is 0.370 e. The smallest absolute Gasteiger partial charge is 0.253 e. The first-order valence-corrected chi connectivity index (χ1v) is 5.40. The van der Waals surface area contributed by atoms with Crippen molar-refractivity contribution in [2.75, 3.05) is 0 Å². The Labute approximate surface area is 104 Å². The molecule has 1 heterocycles. The van der Waals surface area contributed by atoms with Crippen LogP contribution >= 0.6 is 11.6 Å². The summed E-state index contributed by atoms with van der Waals surface area (Å²) in [7, 11) is 0. The minimum atomic E-state index is -0.713. The van der Waals surface area contributed by atoms with Gasteiger partial charge in [-0.3, -0.25) is 14.6 Å². The van der Waals surface area contributed by atoms with Gasteiger partial charge in [-0.2, -0.15) is 0 Å². The number of pyridine rings is 1. The van der Waals surface area contributed by atoms with Crippen molar-refractivity contribution >= 4 is 23.4 Å².